The first-order valence-electron chi connectivity index (χ1n) is 8.15. The Balaban J connectivity index is 2.36. The topological polar surface area (TPSA) is 17.1 Å². The molecule has 2 atom stereocenters. The quantitative estimate of drug-likeness (QED) is 0.596. The summed E-state index contributed by atoms with van der Waals surface area (Å²) in [5.41, 5.74) is 3.52. The number of benzene rings is 1. The van der Waals surface area contributed by atoms with Crippen LogP contribution in [0.25, 0.3) is 0 Å². The molecule has 0 heterocycles. The number of ketones is 1. The van der Waals surface area contributed by atoms with Gasteiger partial charge in [-0.3, -0.25) is 4.79 Å². The van der Waals surface area contributed by atoms with E-state index >= 15 is 0 Å². The molecule has 0 spiro atoms. The van der Waals surface area contributed by atoms with Crippen molar-refractivity contribution in [2.45, 2.75) is 63.7 Å². The SMILES string of the molecule is CCCCC1=C(CCCC)[C@@H](c2ccccc2)[C@@H](Cl)C1=O. The Morgan fingerprint density at radius 1 is 1.00 bits per heavy atom. The minimum atomic E-state index is -0.411. The monoisotopic (exact) mass is 304 g/mol. The fraction of sp³-hybridized carbons (Fsp3) is 0.526. The summed E-state index contributed by atoms with van der Waals surface area (Å²) in [5, 5.41) is -0.411. The summed E-state index contributed by atoms with van der Waals surface area (Å²) in [7, 11) is 0. The van der Waals surface area contributed by atoms with E-state index in [-0.39, 0.29) is 11.7 Å². The van der Waals surface area contributed by atoms with Gasteiger partial charge in [0.2, 0.25) is 0 Å². The third-order valence-corrected chi connectivity index (χ3v) is 4.79. The van der Waals surface area contributed by atoms with Gasteiger partial charge in [0.25, 0.3) is 0 Å². The smallest absolute Gasteiger partial charge is 0.177 e. The van der Waals surface area contributed by atoms with Crippen molar-refractivity contribution >= 4 is 17.4 Å². The minimum absolute atomic E-state index is 0.0822. The van der Waals surface area contributed by atoms with Crippen LogP contribution in [0.4, 0.5) is 0 Å². The number of Topliss-reactive ketones (excluding diaryl/α,β-unsaturated/α-hetero) is 1. The van der Waals surface area contributed by atoms with Crippen molar-refractivity contribution in [1.29, 1.82) is 0 Å². The minimum Gasteiger partial charge on any atom is -0.293 e. The Morgan fingerprint density at radius 2 is 1.62 bits per heavy atom. The summed E-state index contributed by atoms with van der Waals surface area (Å²) in [4.78, 5) is 12.6. The molecule has 0 amide bonds. The van der Waals surface area contributed by atoms with Crippen LogP contribution in [-0.4, -0.2) is 11.2 Å². The number of allylic oxidation sites excluding steroid dienone is 2. The first kappa shape index (κ1) is 16.3. The summed E-state index contributed by atoms with van der Waals surface area (Å²) in [6.07, 6.45) is 6.35. The molecule has 21 heavy (non-hydrogen) atoms. The highest BCUT2D eigenvalue weighted by atomic mass is 35.5. The first-order valence-corrected chi connectivity index (χ1v) is 8.59. The molecule has 2 rings (SSSR count). The van der Waals surface area contributed by atoms with Crippen LogP contribution in [0.5, 0.6) is 0 Å². The van der Waals surface area contributed by atoms with Crippen LogP contribution in [0.3, 0.4) is 0 Å². The van der Waals surface area contributed by atoms with Crippen LogP contribution < -0.4 is 0 Å². The fourth-order valence-corrected chi connectivity index (χ4v) is 3.61. The maximum atomic E-state index is 12.6. The molecule has 0 fully saturated rings. The average Bonchev–Trinajstić information content (AvgIpc) is 2.75. The van der Waals surface area contributed by atoms with E-state index in [2.05, 4.69) is 26.0 Å². The van der Waals surface area contributed by atoms with E-state index in [9.17, 15) is 4.79 Å². The van der Waals surface area contributed by atoms with Gasteiger partial charge in [-0.1, -0.05) is 62.6 Å². The molecule has 1 aliphatic rings. The van der Waals surface area contributed by atoms with E-state index in [0.29, 0.717) is 0 Å². The normalized spacial score (nSPS) is 22.1. The Hall–Kier alpha value is -1.08. The van der Waals surface area contributed by atoms with Gasteiger partial charge in [0.05, 0.1) is 0 Å². The second-order valence-electron chi connectivity index (χ2n) is 5.87. The van der Waals surface area contributed by atoms with E-state index in [1.165, 1.54) is 11.1 Å². The third kappa shape index (κ3) is 3.58. The molecule has 1 aliphatic carbocycles. The second kappa shape index (κ2) is 7.79. The molecule has 114 valence electrons. The van der Waals surface area contributed by atoms with Gasteiger partial charge in [0, 0.05) is 5.92 Å². The Bertz CT molecular complexity index is 504. The highest BCUT2D eigenvalue weighted by molar-refractivity contribution is 6.36. The van der Waals surface area contributed by atoms with Crippen molar-refractivity contribution in [2.75, 3.05) is 0 Å². The van der Waals surface area contributed by atoms with Crippen molar-refractivity contribution in [3.8, 4) is 0 Å². The van der Waals surface area contributed by atoms with Crippen LogP contribution in [-0.2, 0) is 4.79 Å². The van der Waals surface area contributed by atoms with Crippen LogP contribution in [0.15, 0.2) is 41.5 Å². The van der Waals surface area contributed by atoms with Crippen LogP contribution in [0.1, 0.15) is 63.9 Å². The summed E-state index contributed by atoms with van der Waals surface area (Å²) in [5.74, 6) is 0.254. The van der Waals surface area contributed by atoms with Gasteiger partial charge in [0.1, 0.15) is 5.38 Å². The van der Waals surface area contributed by atoms with Crippen molar-refractivity contribution in [3.05, 3.63) is 47.0 Å². The van der Waals surface area contributed by atoms with Gasteiger partial charge in [-0.25, -0.2) is 0 Å². The molecular weight excluding hydrogens is 280 g/mol. The van der Waals surface area contributed by atoms with Crippen LogP contribution in [0, 0.1) is 0 Å². The second-order valence-corrected chi connectivity index (χ2v) is 6.34. The average molecular weight is 305 g/mol. The molecule has 0 radical (unpaired) electrons. The standard InChI is InChI=1S/C19H25ClO/c1-3-5-12-15-16(13-6-4-2)19(21)18(20)17(15)14-10-8-7-9-11-14/h7-11,17-18H,3-6,12-13H2,1-2H3/t17-,18-/m1/s1. The first-order chi connectivity index (χ1) is 10.2. The molecule has 2 heteroatoms. The zero-order valence-corrected chi connectivity index (χ0v) is 13.8. The molecule has 0 aliphatic heterocycles. The molecule has 0 saturated heterocycles. The predicted molar refractivity (Wildman–Crippen MR) is 89.9 cm³/mol. The van der Waals surface area contributed by atoms with E-state index in [0.717, 1.165) is 44.1 Å². The number of carbonyl (C=O) groups is 1. The van der Waals surface area contributed by atoms with E-state index < -0.39 is 5.38 Å². The lowest BCUT2D eigenvalue weighted by Crippen LogP contribution is -2.16. The molecular formula is C19H25ClO. The summed E-state index contributed by atoms with van der Waals surface area (Å²) >= 11 is 6.52. The van der Waals surface area contributed by atoms with Gasteiger partial charge in [-0.05, 0) is 36.8 Å². The lowest BCUT2D eigenvalue weighted by molar-refractivity contribution is -0.114. The molecule has 0 aromatic heterocycles. The molecule has 1 nitrogen and oxygen atoms in total. The summed E-state index contributed by atoms with van der Waals surface area (Å²) in [6.45, 7) is 4.36. The highest BCUT2D eigenvalue weighted by Gasteiger charge is 2.40. The Labute approximate surface area is 133 Å². The maximum Gasteiger partial charge on any atom is 0.177 e. The summed E-state index contributed by atoms with van der Waals surface area (Å²) < 4.78 is 0. The van der Waals surface area contributed by atoms with Crippen molar-refractivity contribution in [1.82, 2.24) is 0 Å². The number of rotatable bonds is 7. The van der Waals surface area contributed by atoms with Gasteiger partial charge in [-0.2, -0.15) is 0 Å². The molecule has 0 saturated carbocycles. The molecule has 0 N–H and O–H groups in total. The number of halogens is 1. The molecule has 0 bridgehead atoms. The summed E-state index contributed by atoms with van der Waals surface area (Å²) in [6, 6.07) is 10.3. The predicted octanol–water partition coefficient (Wildman–Crippen LogP) is 5.64. The van der Waals surface area contributed by atoms with Crippen LogP contribution >= 0.6 is 11.6 Å². The molecule has 1 aromatic carbocycles. The van der Waals surface area contributed by atoms with E-state index in [1.54, 1.807) is 0 Å². The number of hydrogen-bond acceptors (Lipinski definition) is 1. The largest absolute Gasteiger partial charge is 0.293 e. The van der Waals surface area contributed by atoms with E-state index in [1.807, 2.05) is 18.2 Å². The van der Waals surface area contributed by atoms with Gasteiger partial charge in [-0.15, -0.1) is 11.6 Å². The number of hydrogen-bond donors (Lipinski definition) is 0. The zero-order chi connectivity index (χ0) is 15.2. The zero-order valence-electron chi connectivity index (χ0n) is 13.1. The number of alkyl halides is 1. The van der Waals surface area contributed by atoms with Crippen molar-refractivity contribution in [3.63, 3.8) is 0 Å². The maximum absolute atomic E-state index is 12.6. The highest BCUT2D eigenvalue weighted by Crippen LogP contribution is 2.44. The molecule has 0 unspecified atom stereocenters. The number of carbonyl (C=O) groups excluding carboxylic acids is 1. The molecule has 1 aromatic rings. The fourth-order valence-electron chi connectivity index (χ4n) is 3.18. The lowest BCUT2D eigenvalue weighted by Gasteiger charge is -2.18. The van der Waals surface area contributed by atoms with Crippen LogP contribution in [0.2, 0.25) is 0 Å². The van der Waals surface area contributed by atoms with E-state index in [4.69, 9.17) is 11.6 Å². The van der Waals surface area contributed by atoms with Crippen molar-refractivity contribution in [2.24, 2.45) is 0 Å². The Kier molecular flexibility index (Phi) is 6.05. The third-order valence-electron chi connectivity index (χ3n) is 4.34. The number of unbranched alkanes of at least 4 members (excludes halogenated alkanes) is 2. The van der Waals surface area contributed by atoms with Gasteiger partial charge in [0.15, 0.2) is 5.78 Å². The lowest BCUT2D eigenvalue weighted by atomic mass is 9.88. The van der Waals surface area contributed by atoms with Gasteiger partial charge < -0.3 is 0 Å². The van der Waals surface area contributed by atoms with Crippen molar-refractivity contribution < 1.29 is 4.79 Å². The van der Waals surface area contributed by atoms with Gasteiger partial charge >= 0.3 is 0 Å². The Morgan fingerprint density at radius 3 is 2.24 bits per heavy atom.